The average Bonchev–Trinajstić information content (AvgIpc) is 3.38. The van der Waals surface area contributed by atoms with Gasteiger partial charge in [-0.3, -0.25) is 4.79 Å². The van der Waals surface area contributed by atoms with Crippen LogP contribution in [0.15, 0.2) is 71.1 Å². The van der Waals surface area contributed by atoms with Crippen molar-refractivity contribution in [3.8, 4) is 11.1 Å². The molecule has 3 aromatic heterocycles. The highest BCUT2D eigenvalue weighted by Gasteiger charge is 2.15. The number of H-pyrrole nitrogens is 1. The van der Waals surface area contributed by atoms with E-state index in [4.69, 9.17) is 4.98 Å². The second kappa shape index (κ2) is 7.96. The van der Waals surface area contributed by atoms with E-state index in [1.54, 1.807) is 6.20 Å². The van der Waals surface area contributed by atoms with E-state index in [0.717, 1.165) is 28.3 Å². The molecule has 0 aliphatic rings. The third kappa shape index (κ3) is 3.82. The molecule has 1 N–H and O–H groups in total. The topological polar surface area (TPSA) is 63.6 Å². The van der Waals surface area contributed by atoms with Crippen molar-refractivity contribution in [2.75, 3.05) is 0 Å². The highest BCUT2D eigenvalue weighted by Crippen LogP contribution is 2.31. The molecule has 0 atom stereocenters. The van der Waals surface area contributed by atoms with Gasteiger partial charge in [0, 0.05) is 29.9 Å². The smallest absolute Gasteiger partial charge is 0.260 e. The summed E-state index contributed by atoms with van der Waals surface area (Å²) in [5, 5.41) is 2.68. The monoisotopic (exact) mass is 426 g/mol. The Morgan fingerprint density at radius 2 is 1.90 bits per heavy atom. The fourth-order valence-corrected chi connectivity index (χ4v) is 4.75. The maximum absolute atomic E-state index is 13.0. The second-order valence-electron chi connectivity index (χ2n) is 7.77. The van der Waals surface area contributed by atoms with Gasteiger partial charge in [-0.15, -0.1) is 11.3 Å². The van der Waals surface area contributed by atoms with Gasteiger partial charge in [-0.25, -0.2) is 9.97 Å². The molecule has 0 radical (unpaired) electrons. The van der Waals surface area contributed by atoms with Crippen LogP contribution in [0.25, 0.3) is 21.3 Å². The van der Waals surface area contributed by atoms with E-state index in [1.807, 2.05) is 29.8 Å². The summed E-state index contributed by atoms with van der Waals surface area (Å²) in [5.74, 6) is 1.50. The van der Waals surface area contributed by atoms with Crippen LogP contribution in [-0.2, 0) is 13.0 Å². The SMILES string of the molecule is Cc1ccc(-c2csc3nc(Cc4nccn4Cc4ccccc4)[nH]c(=O)c23)cc1C. The number of aromatic amines is 1. The summed E-state index contributed by atoms with van der Waals surface area (Å²) in [4.78, 5) is 26.0. The fourth-order valence-electron chi connectivity index (χ4n) is 3.78. The van der Waals surface area contributed by atoms with E-state index in [9.17, 15) is 4.79 Å². The summed E-state index contributed by atoms with van der Waals surface area (Å²) in [7, 11) is 0. The molecule has 154 valence electrons. The van der Waals surface area contributed by atoms with Crippen molar-refractivity contribution in [3.05, 3.63) is 105 Å². The normalized spacial score (nSPS) is 11.3. The molecule has 0 saturated heterocycles. The van der Waals surface area contributed by atoms with Crippen LogP contribution in [-0.4, -0.2) is 19.5 Å². The number of nitrogens with one attached hydrogen (secondary N) is 1. The molecular formula is C25H22N4OS. The van der Waals surface area contributed by atoms with Crippen LogP contribution in [0.3, 0.4) is 0 Å². The van der Waals surface area contributed by atoms with E-state index in [0.29, 0.717) is 17.6 Å². The number of benzene rings is 2. The molecule has 0 bridgehead atoms. The lowest BCUT2D eigenvalue weighted by molar-refractivity contribution is 0.728. The summed E-state index contributed by atoms with van der Waals surface area (Å²) in [6.07, 6.45) is 4.22. The molecule has 0 aliphatic carbocycles. The minimum absolute atomic E-state index is 0.101. The number of fused-ring (bicyclic) bond motifs is 1. The highest BCUT2D eigenvalue weighted by molar-refractivity contribution is 7.17. The molecule has 0 aliphatic heterocycles. The number of aryl methyl sites for hydroxylation is 2. The lowest BCUT2D eigenvalue weighted by Crippen LogP contribution is -2.14. The first-order valence-electron chi connectivity index (χ1n) is 10.2. The maximum atomic E-state index is 13.0. The van der Waals surface area contributed by atoms with Gasteiger partial charge < -0.3 is 9.55 Å². The number of nitrogens with zero attached hydrogens (tertiary/aromatic N) is 3. The number of rotatable bonds is 5. The zero-order chi connectivity index (χ0) is 21.4. The van der Waals surface area contributed by atoms with Gasteiger partial charge in [0.1, 0.15) is 16.5 Å². The van der Waals surface area contributed by atoms with Crippen LogP contribution < -0.4 is 5.56 Å². The molecule has 0 spiro atoms. The summed E-state index contributed by atoms with van der Waals surface area (Å²) in [6, 6.07) is 16.5. The third-order valence-corrected chi connectivity index (χ3v) is 6.51. The molecule has 31 heavy (non-hydrogen) atoms. The molecule has 0 unspecified atom stereocenters. The first kappa shape index (κ1) is 19.5. The molecule has 5 aromatic rings. The molecule has 5 rings (SSSR count). The van der Waals surface area contributed by atoms with Gasteiger partial charge in [-0.2, -0.15) is 0 Å². The van der Waals surface area contributed by atoms with Gasteiger partial charge in [-0.05, 0) is 36.1 Å². The minimum atomic E-state index is -0.101. The Kier molecular flexibility index (Phi) is 5.00. The van der Waals surface area contributed by atoms with Crippen molar-refractivity contribution in [1.29, 1.82) is 0 Å². The van der Waals surface area contributed by atoms with E-state index < -0.39 is 0 Å². The van der Waals surface area contributed by atoms with Crippen LogP contribution >= 0.6 is 11.3 Å². The number of imidazole rings is 1. The van der Waals surface area contributed by atoms with Crippen molar-refractivity contribution in [3.63, 3.8) is 0 Å². The quantitative estimate of drug-likeness (QED) is 0.425. The average molecular weight is 427 g/mol. The summed E-state index contributed by atoms with van der Waals surface area (Å²) >= 11 is 1.51. The third-order valence-electron chi connectivity index (χ3n) is 5.63. The Morgan fingerprint density at radius 1 is 1.06 bits per heavy atom. The Balaban J connectivity index is 1.47. The number of aromatic nitrogens is 4. The summed E-state index contributed by atoms with van der Waals surface area (Å²) in [6.45, 7) is 4.91. The minimum Gasteiger partial charge on any atom is -0.330 e. The van der Waals surface area contributed by atoms with Crippen LogP contribution in [0, 0.1) is 13.8 Å². The zero-order valence-corrected chi connectivity index (χ0v) is 18.2. The van der Waals surface area contributed by atoms with E-state index in [-0.39, 0.29) is 5.56 Å². The molecule has 0 fully saturated rings. The Labute approximate surface area is 184 Å². The lowest BCUT2D eigenvalue weighted by atomic mass is 10.0. The molecule has 6 heteroatoms. The number of hydrogen-bond acceptors (Lipinski definition) is 4. The van der Waals surface area contributed by atoms with Crippen molar-refractivity contribution in [1.82, 2.24) is 19.5 Å². The van der Waals surface area contributed by atoms with Gasteiger partial charge in [-0.1, -0.05) is 48.5 Å². The van der Waals surface area contributed by atoms with Gasteiger partial charge in [0.2, 0.25) is 0 Å². The predicted octanol–water partition coefficient (Wildman–Crippen LogP) is 5.10. The molecule has 0 saturated carbocycles. The molecule has 2 aromatic carbocycles. The predicted molar refractivity (Wildman–Crippen MR) is 126 cm³/mol. The van der Waals surface area contributed by atoms with Gasteiger partial charge in [0.25, 0.3) is 5.56 Å². The van der Waals surface area contributed by atoms with Crippen LogP contribution in [0.4, 0.5) is 0 Å². The van der Waals surface area contributed by atoms with Crippen LogP contribution in [0.5, 0.6) is 0 Å². The van der Waals surface area contributed by atoms with Gasteiger partial charge in [0.15, 0.2) is 0 Å². The van der Waals surface area contributed by atoms with Crippen LogP contribution in [0.2, 0.25) is 0 Å². The number of thiophene rings is 1. The van der Waals surface area contributed by atoms with E-state index >= 15 is 0 Å². The molecule has 3 heterocycles. The fraction of sp³-hybridized carbons (Fsp3) is 0.160. The molecule has 5 nitrogen and oxygen atoms in total. The zero-order valence-electron chi connectivity index (χ0n) is 17.4. The Hall–Kier alpha value is -3.51. The standard InChI is InChI=1S/C25H22N4OS/c1-16-8-9-19(12-17(16)2)20-15-31-25-23(20)24(30)27-21(28-25)13-22-26-10-11-29(22)14-18-6-4-3-5-7-18/h3-12,15H,13-14H2,1-2H3,(H,27,28,30). The van der Waals surface area contributed by atoms with Gasteiger partial charge in [0.05, 0.1) is 11.8 Å². The summed E-state index contributed by atoms with van der Waals surface area (Å²) in [5.41, 5.74) is 5.54. The number of hydrogen-bond donors (Lipinski definition) is 1. The maximum Gasteiger partial charge on any atom is 0.260 e. The Bertz CT molecular complexity index is 1430. The first-order chi connectivity index (χ1) is 15.1. The molecule has 0 amide bonds. The van der Waals surface area contributed by atoms with Crippen molar-refractivity contribution in [2.45, 2.75) is 26.8 Å². The second-order valence-corrected chi connectivity index (χ2v) is 8.63. The van der Waals surface area contributed by atoms with Crippen molar-refractivity contribution >= 4 is 21.6 Å². The van der Waals surface area contributed by atoms with E-state index in [2.05, 4.69) is 58.7 Å². The molecular weight excluding hydrogens is 404 g/mol. The lowest BCUT2D eigenvalue weighted by Gasteiger charge is -2.08. The van der Waals surface area contributed by atoms with Crippen molar-refractivity contribution in [2.24, 2.45) is 0 Å². The van der Waals surface area contributed by atoms with E-state index in [1.165, 1.54) is 28.0 Å². The van der Waals surface area contributed by atoms with Gasteiger partial charge >= 0.3 is 0 Å². The Morgan fingerprint density at radius 3 is 2.71 bits per heavy atom. The summed E-state index contributed by atoms with van der Waals surface area (Å²) < 4.78 is 2.09. The highest BCUT2D eigenvalue weighted by atomic mass is 32.1. The largest absolute Gasteiger partial charge is 0.330 e. The first-order valence-corrected chi connectivity index (χ1v) is 11.1. The van der Waals surface area contributed by atoms with Crippen molar-refractivity contribution < 1.29 is 0 Å². The van der Waals surface area contributed by atoms with Crippen LogP contribution in [0.1, 0.15) is 28.3 Å².